The summed E-state index contributed by atoms with van der Waals surface area (Å²) in [6.45, 7) is 0.270. The van der Waals surface area contributed by atoms with Crippen molar-refractivity contribution in [1.82, 2.24) is 15.5 Å². The number of aromatic nitrogens is 2. The first-order valence-electron chi connectivity index (χ1n) is 7.56. The van der Waals surface area contributed by atoms with Gasteiger partial charge in [-0.3, -0.25) is 4.79 Å². The molecule has 0 aliphatic heterocycles. The van der Waals surface area contributed by atoms with Crippen LogP contribution in [0.25, 0.3) is 11.5 Å². The lowest BCUT2D eigenvalue weighted by Gasteiger charge is -2.07. The minimum Gasteiger partial charge on any atom is -0.419 e. The number of hydrogen-bond donors (Lipinski definition) is 1. The molecule has 1 amide bonds. The number of halogens is 1. The maximum Gasteiger partial charge on any atom is 0.247 e. The van der Waals surface area contributed by atoms with Gasteiger partial charge in [-0.25, -0.2) is 0 Å². The summed E-state index contributed by atoms with van der Waals surface area (Å²) in [6, 6.07) is 7.17. The molecule has 5 nitrogen and oxygen atoms in total. The molecule has 1 fully saturated rings. The summed E-state index contributed by atoms with van der Waals surface area (Å²) in [7, 11) is 0. The van der Waals surface area contributed by atoms with E-state index in [9.17, 15) is 4.79 Å². The lowest BCUT2D eigenvalue weighted by atomic mass is 10.0. The Labute approximate surface area is 134 Å². The summed E-state index contributed by atoms with van der Waals surface area (Å²) in [5.74, 6) is 1.42. The van der Waals surface area contributed by atoms with Gasteiger partial charge in [0.15, 0.2) is 0 Å². The Kier molecular flexibility index (Phi) is 4.73. The van der Waals surface area contributed by atoms with Crippen LogP contribution in [0, 0.1) is 5.92 Å². The molecule has 0 saturated heterocycles. The number of nitrogens with one attached hydrogen (secondary N) is 1. The maximum atomic E-state index is 11.9. The topological polar surface area (TPSA) is 68.0 Å². The molecule has 1 saturated carbocycles. The second-order valence-corrected chi connectivity index (χ2v) is 6.08. The number of nitrogens with zero attached hydrogens (tertiary/aromatic N) is 2. The van der Waals surface area contributed by atoms with Crippen LogP contribution in [0.2, 0.25) is 5.02 Å². The van der Waals surface area contributed by atoms with Crippen molar-refractivity contribution in [3.63, 3.8) is 0 Å². The minimum atomic E-state index is 0.0538. The molecule has 0 bridgehead atoms. The lowest BCUT2D eigenvalue weighted by Crippen LogP contribution is -2.24. The van der Waals surface area contributed by atoms with Crippen LogP contribution < -0.4 is 5.32 Å². The normalized spacial score (nSPS) is 15.1. The number of rotatable bonds is 5. The van der Waals surface area contributed by atoms with E-state index in [4.69, 9.17) is 16.0 Å². The third kappa shape index (κ3) is 3.85. The predicted molar refractivity (Wildman–Crippen MR) is 83.2 cm³/mol. The van der Waals surface area contributed by atoms with Crippen LogP contribution in [0.15, 0.2) is 28.7 Å². The van der Waals surface area contributed by atoms with Gasteiger partial charge in [0.1, 0.15) is 0 Å². The summed E-state index contributed by atoms with van der Waals surface area (Å²) in [5, 5.41) is 11.4. The number of carbonyl (C=O) groups excluding carboxylic acids is 1. The van der Waals surface area contributed by atoms with E-state index in [0.29, 0.717) is 29.1 Å². The molecule has 116 valence electrons. The first-order chi connectivity index (χ1) is 10.7. The van der Waals surface area contributed by atoms with Crippen LogP contribution in [-0.4, -0.2) is 16.1 Å². The van der Waals surface area contributed by atoms with E-state index in [2.05, 4.69) is 15.5 Å². The highest BCUT2D eigenvalue weighted by atomic mass is 35.5. The quantitative estimate of drug-likeness (QED) is 0.914. The highest BCUT2D eigenvalue weighted by Gasteiger charge is 2.18. The number of amides is 1. The van der Waals surface area contributed by atoms with E-state index >= 15 is 0 Å². The molecule has 0 unspecified atom stereocenters. The molecule has 1 aromatic carbocycles. The summed E-state index contributed by atoms with van der Waals surface area (Å²) in [6.07, 6.45) is 5.40. The Morgan fingerprint density at radius 1 is 1.23 bits per heavy atom. The zero-order chi connectivity index (χ0) is 15.4. The van der Waals surface area contributed by atoms with Crippen molar-refractivity contribution in [3.8, 4) is 11.5 Å². The van der Waals surface area contributed by atoms with Gasteiger partial charge in [-0.15, -0.1) is 10.2 Å². The van der Waals surface area contributed by atoms with Gasteiger partial charge in [0, 0.05) is 17.0 Å². The molecule has 0 radical (unpaired) electrons. The Morgan fingerprint density at radius 2 is 1.95 bits per heavy atom. The highest BCUT2D eigenvalue weighted by molar-refractivity contribution is 6.30. The van der Waals surface area contributed by atoms with Crippen molar-refractivity contribution in [2.75, 3.05) is 0 Å². The molecule has 3 rings (SSSR count). The molecule has 6 heteroatoms. The van der Waals surface area contributed by atoms with Gasteiger partial charge in [0.05, 0.1) is 6.54 Å². The van der Waals surface area contributed by atoms with Crippen molar-refractivity contribution in [2.24, 2.45) is 5.92 Å². The van der Waals surface area contributed by atoms with Crippen molar-refractivity contribution in [3.05, 3.63) is 35.2 Å². The highest BCUT2D eigenvalue weighted by Crippen LogP contribution is 2.27. The second-order valence-electron chi connectivity index (χ2n) is 5.64. The molecule has 2 aromatic rings. The zero-order valence-electron chi connectivity index (χ0n) is 12.2. The molecular weight excluding hydrogens is 302 g/mol. The average Bonchev–Trinajstić information content (AvgIpc) is 3.17. The second kappa shape index (κ2) is 6.92. The summed E-state index contributed by atoms with van der Waals surface area (Å²) in [4.78, 5) is 11.9. The first kappa shape index (κ1) is 15.0. The van der Waals surface area contributed by atoms with Gasteiger partial charge in [-0.1, -0.05) is 24.4 Å². The fourth-order valence-corrected chi connectivity index (χ4v) is 2.88. The molecule has 1 N–H and O–H groups in total. The van der Waals surface area contributed by atoms with Crippen molar-refractivity contribution >= 4 is 17.5 Å². The SMILES string of the molecule is O=C(CC1CCCC1)NCc1nnc(-c2ccc(Cl)cc2)o1. The van der Waals surface area contributed by atoms with Crippen LogP contribution in [-0.2, 0) is 11.3 Å². The lowest BCUT2D eigenvalue weighted by molar-refractivity contribution is -0.122. The van der Waals surface area contributed by atoms with E-state index in [1.54, 1.807) is 12.1 Å². The van der Waals surface area contributed by atoms with E-state index in [1.807, 2.05) is 12.1 Å². The summed E-state index contributed by atoms with van der Waals surface area (Å²) >= 11 is 5.84. The predicted octanol–water partition coefficient (Wildman–Crippen LogP) is 3.59. The monoisotopic (exact) mass is 319 g/mol. The molecule has 1 aliphatic rings. The molecule has 22 heavy (non-hydrogen) atoms. The van der Waals surface area contributed by atoms with Gasteiger partial charge in [0.2, 0.25) is 17.7 Å². The fraction of sp³-hybridized carbons (Fsp3) is 0.438. The third-order valence-corrected chi connectivity index (χ3v) is 4.20. The van der Waals surface area contributed by atoms with E-state index < -0.39 is 0 Å². The molecule has 1 heterocycles. The Morgan fingerprint density at radius 3 is 2.68 bits per heavy atom. The fourth-order valence-electron chi connectivity index (χ4n) is 2.76. The summed E-state index contributed by atoms with van der Waals surface area (Å²) in [5.41, 5.74) is 0.806. The largest absolute Gasteiger partial charge is 0.419 e. The van der Waals surface area contributed by atoms with E-state index in [0.717, 1.165) is 18.4 Å². The Balaban J connectivity index is 1.53. The molecular formula is C16H18ClN3O2. The number of carbonyl (C=O) groups is 1. The average molecular weight is 320 g/mol. The van der Waals surface area contributed by atoms with Gasteiger partial charge < -0.3 is 9.73 Å². The van der Waals surface area contributed by atoms with Crippen molar-refractivity contribution in [2.45, 2.75) is 38.6 Å². The van der Waals surface area contributed by atoms with Crippen LogP contribution in [0.4, 0.5) is 0 Å². The maximum absolute atomic E-state index is 11.9. The third-order valence-electron chi connectivity index (χ3n) is 3.94. The first-order valence-corrected chi connectivity index (χ1v) is 7.93. The van der Waals surface area contributed by atoms with Crippen molar-refractivity contribution < 1.29 is 9.21 Å². The molecule has 1 aliphatic carbocycles. The van der Waals surface area contributed by atoms with Crippen LogP contribution in [0.3, 0.4) is 0 Å². The van der Waals surface area contributed by atoms with Gasteiger partial charge in [-0.2, -0.15) is 0 Å². The van der Waals surface area contributed by atoms with Crippen LogP contribution in [0.5, 0.6) is 0 Å². The minimum absolute atomic E-state index is 0.0538. The van der Waals surface area contributed by atoms with E-state index in [1.165, 1.54) is 12.8 Å². The zero-order valence-corrected chi connectivity index (χ0v) is 13.0. The Bertz CT molecular complexity index is 633. The smallest absolute Gasteiger partial charge is 0.247 e. The number of benzene rings is 1. The van der Waals surface area contributed by atoms with Crippen LogP contribution >= 0.6 is 11.6 Å². The van der Waals surface area contributed by atoms with Gasteiger partial charge in [0.25, 0.3) is 0 Å². The Hall–Kier alpha value is -1.88. The molecule has 0 spiro atoms. The van der Waals surface area contributed by atoms with E-state index in [-0.39, 0.29) is 12.5 Å². The standard InChI is InChI=1S/C16H18ClN3O2/c17-13-7-5-12(6-8-13)16-20-19-15(22-16)10-18-14(21)9-11-3-1-2-4-11/h5-8,11H,1-4,9-10H2,(H,18,21). The molecule has 1 aromatic heterocycles. The number of hydrogen-bond acceptors (Lipinski definition) is 4. The summed E-state index contributed by atoms with van der Waals surface area (Å²) < 4.78 is 5.55. The van der Waals surface area contributed by atoms with Gasteiger partial charge >= 0.3 is 0 Å². The van der Waals surface area contributed by atoms with Gasteiger partial charge in [-0.05, 0) is 43.0 Å². The van der Waals surface area contributed by atoms with Crippen LogP contribution in [0.1, 0.15) is 38.0 Å². The van der Waals surface area contributed by atoms with Crippen molar-refractivity contribution in [1.29, 1.82) is 0 Å². The molecule has 0 atom stereocenters.